The largest absolute Gasteiger partial charge is 0.327 e. The molecule has 86 valence electrons. The molecule has 0 spiro atoms. The number of benzene rings is 1. The van der Waals surface area contributed by atoms with E-state index in [4.69, 9.17) is 5.73 Å². The molecule has 0 saturated heterocycles. The van der Waals surface area contributed by atoms with Gasteiger partial charge in [-0.15, -0.1) is 0 Å². The first-order valence-corrected chi connectivity index (χ1v) is 6.08. The second-order valence-electron chi connectivity index (χ2n) is 4.70. The lowest BCUT2D eigenvalue weighted by atomic mass is 9.73. The summed E-state index contributed by atoms with van der Waals surface area (Å²) in [4.78, 5) is 4.34. The molecule has 2 unspecified atom stereocenters. The van der Waals surface area contributed by atoms with Crippen LogP contribution in [0.15, 0.2) is 48.7 Å². The molecule has 1 heterocycles. The van der Waals surface area contributed by atoms with Crippen LogP contribution in [0.2, 0.25) is 0 Å². The quantitative estimate of drug-likeness (QED) is 0.868. The smallest absolute Gasteiger partial charge is 0.0419 e. The molecule has 0 fully saturated rings. The second kappa shape index (κ2) is 4.30. The van der Waals surface area contributed by atoms with Crippen LogP contribution >= 0.6 is 0 Å². The number of hydrogen-bond acceptors (Lipinski definition) is 2. The molecule has 2 N–H and O–H groups in total. The number of pyridine rings is 1. The molecule has 2 heteroatoms. The summed E-state index contributed by atoms with van der Waals surface area (Å²) in [6.07, 6.45) is 3.81. The summed E-state index contributed by atoms with van der Waals surface area (Å²) in [6.45, 7) is 0. The van der Waals surface area contributed by atoms with Crippen molar-refractivity contribution in [2.24, 2.45) is 5.73 Å². The van der Waals surface area contributed by atoms with Gasteiger partial charge in [0.1, 0.15) is 0 Å². The molecule has 0 radical (unpaired) electrons. The van der Waals surface area contributed by atoms with Gasteiger partial charge in [0.05, 0.1) is 0 Å². The summed E-state index contributed by atoms with van der Waals surface area (Å²) in [5, 5.41) is 0. The van der Waals surface area contributed by atoms with Gasteiger partial charge < -0.3 is 5.73 Å². The van der Waals surface area contributed by atoms with E-state index in [0.29, 0.717) is 5.92 Å². The van der Waals surface area contributed by atoms with Gasteiger partial charge in [-0.1, -0.05) is 30.3 Å². The summed E-state index contributed by atoms with van der Waals surface area (Å²) >= 11 is 0. The third-order valence-corrected chi connectivity index (χ3v) is 3.58. The average molecular weight is 224 g/mol. The van der Waals surface area contributed by atoms with Gasteiger partial charge in [0.25, 0.3) is 0 Å². The Bertz CT molecular complexity index is 507. The van der Waals surface area contributed by atoms with E-state index in [2.05, 4.69) is 29.2 Å². The van der Waals surface area contributed by atoms with Crippen LogP contribution in [0.4, 0.5) is 0 Å². The van der Waals surface area contributed by atoms with Crippen LogP contribution in [0.1, 0.15) is 22.7 Å². The molecule has 0 saturated carbocycles. The lowest BCUT2D eigenvalue weighted by molar-refractivity contribution is 0.477. The van der Waals surface area contributed by atoms with Crippen molar-refractivity contribution >= 4 is 0 Å². The van der Waals surface area contributed by atoms with Crippen molar-refractivity contribution in [2.45, 2.75) is 24.8 Å². The molecule has 1 aromatic heterocycles. The van der Waals surface area contributed by atoms with Crippen LogP contribution in [0.5, 0.6) is 0 Å². The Morgan fingerprint density at radius 2 is 2.00 bits per heavy atom. The number of aromatic nitrogens is 1. The highest BCUT2D eigenvalue weighted by Gasteiger charge is 2.30. The Morgan fingerprint density at radius 1 is 1.18 bits per heavy atom. The minimum atomic E-state index is 0.180. The predicted octanol–water partition coefficient (Wildman–Crippen LogP) is 2.29. The van der Waals surface area contributed by atoms with Crippen LogP contribution in [0, 0.1) is 0 Å². The second-order valence-corrected chi connectivity index (χ2v) is 4.70. The fraction of sp³-hybridized carbons (Fsp3) is 0.267. The number of hydrogen-bond donors (Lipinski definition) is 1. The van der Waals surface area contributed by atoms with Crippen LogP contribution < -0.4 is 5.73 Å². The van der Waals surface area contributed by atoms with Crippen LogP contribution in [0.25, 0.3) is 0 Å². The number of rotatable bonds is 3. The van der Waals surface area contributed by atoms with Crippen molar-refractivity contribution in [2.75, 3.05) is 0 Å². The Morgan fingerprint density at radius 3 is 2.76 bits per heavy atom. The Balaban J connectivity index is 1.72. The lowest BCUT2D eigenvalue weighted by Gasteiger charge is -2.34. The first-order chi connectivity index (χ1) is 8.34. The van der Waals surface area contributed by atoms with Crippen molar-refractivity contribution in [1.29, 1.82) is 0 Å². The van der Waals surface area contributed by atoms with Gasteiger partial charge in [-0.05, 0) is 29.7 Å². The molecular weight excluding hydrogens is 208 g/mol. The lowest BCUT2D eigenvalue weighted by Crippen LogP contribution is -2.37. The number of nitrogens with zero attached hydrogens (tertiary/aromatic N) is 1. The summed E-state index contributed by atoms with van der Waals surface area (Å²) in [5.41, 5.74) is 10.3. The molecule has 2 nitrogen and oxygen atoms in total. The van der Waals surface area contributed by atoms with Crippen LogP contribution in [-0.2, 0) is 12.8 Å². The topological polar surface area (TPSA) is 38.9 Å². The molecule has 17 heavy (non-hydrogen) atoms. The van der Waals surface area contributed by atoms with E-state index in [1.807, 2.05) is 24.4 Å². The summed E-state index contributed by atoms with van der Waals surface area (Å²) in [5.74, 6) is 0.508. The fourth-order valence-electron chi connectivity index (χ4n) is 2.58. The van der Waals surface area contributed by atoms with Crippen LogP contribution in [0.3, 0.4) is 0 Å². The first-order valence-electron chi connectivity index (χ1n) is 6.08. The highest BCUT2D eigenvalue weighted by atomic mass is 14.7. The maximum Gasteiger partial charge on any atom is 0.0419 e. The van der Waals surface area contributed by atoms with Crippen molar-refractivity contribution in [3.8, 4) is 0 Å². The van der Waals surface area contributed by atoms with Gasteiger partial charge >= 0.3 is 0 Å². The molecule has 1 aliphatic carbocycles. The van der Waals surface area contributed by atoms with E-state index in [0.717, 1.165) is 18.5 Å². The molecule has 0 aliphatic heterocycles. The number of nitrogens with two attached hydrogens (primary N) is 1. The molecule has 3 rings (SSSR count). The minimum Gasteiger partial charge on any atom is -0.327 e. The zero-order valence-electron chi connectivity index (χ0n) is 9.71. The molecule has 1 aliphatic rings. The molecule has 0 amide bonds. The Hall–Kier alpha value is -1.67. The van der Waals surface area contributed by atoms with E-state index in [1.165, 1.54) is 11.1 Å². The summed E-state index contributed by atoms with van der Waals surface area (Å²) in [7, 11) is 0. The van der Waals surface area contributed by atoms with E-state index < -0.39 is 0 Å². The maximum atomic E-state index is 6.29. The monoisotopic (exact) mass is 224 g/mol. The Labute approximate surface area is 102 Å². The molecule has 1 aromatic carbocycles. The van der Waals surface area contributed by atoms with E-state index in [-0.39, 0.29) is 6.04 Å². The van der Waals surface area contributed by atoms with Crippen LogP contribution in [-0.4, -0.2) is 11.0 Å². The van der Waals surface area contributed by atoms with E-state index in [1.54, 1.807) is 0 Å². The molecule has 2 aromatic rings. The summed E-state index contributed by atoms with van der Waals surface area (Å²) in [6, 6.07) is 14.8. The molecule has 2 atom stereocenters. The standard InChI is InChI=1S/C15H16N2/c16-15(10-12-6-3-4-8-17-12)14-9-11-5-1-2-7-13(11)14/h1-8,14-15H,9-10,16H2. The highest BCUT2D eigenvalue weighted by Crippen LogP contribution is 2.37. The first kappa shape index (κ1) is 10.5. The predicted molar refractivity (Wildman–Crippen MR) is 68.8 cm³/mol. The van der Waals surface area contributed by atoms with Gasteiger partial charge in [-0.3, -0.25) is 4.98 Å². The Kier molecular flexibility index (Phi) is 2.65. The normalized spacial score (nSPS) is 19.2. The molecule has 0 bridgehead atoms. The van der Waals surface area contributed by atoms with Crippen molar-refractivity contribution in [3.05, 3.63) is 65.5 Å². The zero-order chi connectivity index (χ0) is 11.7. The number of fused-ring (bicyclic) bond motifs is 1. The van der Waals surface area contributed by atoms with E-state index >= 15 is 0 Å². The minimum absolute atomic E-state index is 0.180. The van der Waals surface area contributed by atoms with Gasteiger partial charge in [-0.25, -0.2) is 0 Å². The van der Waals surface area contributed by atoms with E-state index in [9.17, 15) is 0 Å². The van der Waals surface area contributed by atoms with Gasteiger partial charge in [0, 0.05) is 30.3 Å². The van der Waals surface area contributed by atoms with Crippen molar-refractivity contribution in [1.82, 2.24) is 4.98 Å². The maximum absolute atomic E-state index is 6.29. The van der Waals surface area contributed by atoms with Gasteiger partial charge in [0.2, 0.25) is 0 Å². The SMILES string of the molecule is NC(Cc1ccccn1)C1Cc2ccccc21. The third kappa shape index (κ3) is 1.96. The fourth-order valence-corrected chi connectivity index (χ4v) is 2.58. The van der Waals surface area contributed by atoms with Crippen molar-refractivity contribution in [3.63, 3.8) is 0 Å². The summed E-state index contributed by atoms with van der Waals surface area (Å²) < 4.78 is 0. The average Bonchev–Trinajstić information content (AvgIpc) is 2.32. The zero-order valence-corrected chi connectivity index (χ0v) is 9.71. The van der Waals surface area contributed by atoms with Crippen molar-refractivity contribution < 1.29 is 0 Å². The highest BCUT2D eigenvalue weighted by molar-refractivity contribution is 5.41. The third-order valence-electron chi connectivity index (χ3n) is 3.58. The van der Waals surface area contributed by atoms with Gasteiger partial charge in [-0.2, -0.15) is 0 Å². The molecular formula is C15H16N2. The van der Waals surface area contributed by atoms with Gasteiger partial charge in [0.15, 0.2) is 0 Å².